The molecular formula is C21H20ClNO4S. The first-order valence-corrected chi connectivity index (χ1v) is 10.0. The lowest BCUT2D eigenvalue weighted by Crippen LogP contribution is -2.27. The Morgan fingerprint density at radius 1 is 1.18 bits per heavy atom. The third-order valence-corrected chi connectivity index (χ3v) is 5.35. The summed E-state index contributed by atoms with van der Waals surface area (Å²) < 4.78 is 11.3. The molecule has 0 spiro atoms. The van der Waals surface area contributed by atoms with Crippen molar-refractivity contribution in [3.63, 3.8) is 0 Å². The van der Waals surface area contributed by atoms with Gasteiger partial charge in [-0.15, -0.1) is 0 Å². The quantitative estimate of drug-likeness (QED) is 0.558. The minimum absolute atomic E-state index is 0.0638. The predicted molar refractivity (Wildman–Crippen MR) is 113 cm³/mol. The van der Waals surface area contributed by atoms with Crippen molar-refractivity contribution in [3.05, 3.63) is 58.0 Å². The first-order valence-electron chi connectivity index (χ1n) is 8.81. The smallest absolute Gasteiger partial charge is 0.298 e. The van der Waals surface area contributed by atoms with Crippen LogP contribution < -0.4 is 14.4 Å². The van der Waals surface area contributed by atoms with Gasteiger partial charge in [-0.1, -0.05) is 30.7 Å². The van der Waals surface area contributed by atoms with Crippen LogP contribution in [0.1, 0.15) is 25.8 Å². The molecule has 5 nitrogen and oxygen atoms in total. The minimum Gasteiger partial charge on any atom is -0.493 e. The summed E-state index contributed by atoms with van der Waals surface area (Å²) in [5, 5.41) is 0.101. The fourth-order valence-electron chi connectivity index (χ4n) is 2.63. The Morgan fingerprint density at radius 3 is 2.64 bits per heavy atom. The number of hydrogen-bond acceptors (Lipinski definition) is 5. The number of carbonyl (C=O) groups is 2. The molecule has 1 atom stereocenters. The van der Waals surface area contributed by atoms with Crippen molar-refractivity contribution in [3.8, 4) is 11.5 Å². The Hall–Kier alpha value is -2.44. The number of halogens is 1. The van der Waals surface area contributed by atoms with Gasteiger partial charge >= 0.3 is 0 Å². The zero-order valence-corrected chi connectivity index (χ0v) is 17.3. The summed E-state index contributed by atoms with van der Waals surface area (Å²) in [6.45, 7) is 4.03. The second kappa shape index (κ2) is 8.71. The molecule has 0 N–H and O–H groups in total. The summed E-state index contributed by atoms with van der Waals surface area (Å²) in [5.41, 5.74) is 1.19. The number of carbonyl (C=O) groups excluding carboxylic acids is 2. The molecule has 3 rings (SSSR count). The van der Waals surface area contributed by atoms with E-state index in [9.17, 15) is 9.59 Å². The van der Waals surface area contributed by atoms with Crippen molar-refractivity contribution >= 4 is 46.3 Å². The third kappa shape index (κ3) is 4.34. The van der Waals surface area contributed by atoms with Gasteiger partial charge in [0.2, 0.25) is 0 Å². The van der Waals surface area contributed by atoms with E-state index in [0.717, 1.165) is 28.6 Å². The van der Waals surface area contributed by atoms with Crippen LogP contribution in [-0.4, -0.2) is 24.4 Å². The number of nitrogens with zero attached hydrogens (tertiary/aromatic N) is 1. The summed E-state index contributed by atoms with van der Waals surface area (Å²) in [5.74, 6) is 0.834. The average molecular weight is 418 g/mol. The summed E-state index contributed by atoms with van der Waals surface area (Å²) in [6, 6.07) is 12.1. The number of anilines is 1. The van der Waals surface area contributed by atoms with Crippen molar-refractivity contribution in [1.29, 1.82) is 0 Å². The van der Waals surface area contributed by atoms with Crippen molar-refractivity contribution < 1.29 is 19.1 Å². The van der Waals surface area contributed by atoms with Gasteiger partial charge in [0.25, 0.3) is 11.1 Å². The zero-order valence-electron chi connectivity index (χ0n) is 15.8. The molecule has 2 aromatic carbocycles. The van der Waals surface area contributed by atoms with E-state index in [4.69, 9.17) is 21.1 Å². The Kier molecular flexibility index (Phi) is 6.31. The van der Waals surface area contributed by atoms with Crippen LogP contribution in [0, 0.1) is 0 Å². The topological polar surface area (TPSA) is 55.8 Å². The molecule has 146 valence electrons. The van der Waals surface area contributed by atoms with Crippen molar-refractivity contribution in [2.75, 3.05) is 12.0 Å². The van der Waals surface area contributed by atoms with E-state index >= 15 is 0 Å². The van der Waals surface area contributed by atoms with Crippen LogP contribution >= 0.6 is 23.4 Å². The maximum atomic E-state index is 12.8. The van der Waals surface area contributed by atoms with Crippen molar-refractivity contribution in [2.45, 2.75) is 26.4 Å². The summed E-state index contributed by atoms with van der Waals surface area (Å²) in [6.07, 6.45) is 2.61. The van der Waals surface area contributed by atoms with E-state index in [-0.39, 0.29) is 17.3 Å². The lowest BCUT2D eigenvalue weighted by Gasteiger charge is -2.15. The largest absolute Gasteiger partial charge is 0.493 e. The van der Waals surface area contributed by atoms with Crippen molar-refractivity contribution in [2.24, 2.45) is 0 Å². The molecule has 1 aliphatic heterocycles. The number of rotatable bonds is 6. The molecule has 1 heterocycles. The standard InChI is InChI=1S/C21H20ClNO4S/c1-4-13(2)27-17-9-8-14(10-18(17)26-3)11-19-20(24)23(21(25)28-19)16-7-5-6-15(22)12-16/h5-13H,4H2,1-3H3/b19-11+/t13-/m1/s1. The van der Waals surface area contributed by atoms with Gasteiger partial charge in [-0.05, 0) is 67.1 Å². The highest BCUT2D eigenvalue weighted by molar-refractivity contribution is 8.19. The van der Waals surface area contributed by atoms with Crippen LogP contribution in [0.25, 0.3) is 6.08 Å². The fraction of sp³-hybridized carbons (Fsp3) is 0.238. The van der Waals surface area contributed by atoms with Crippen LogP contribution in [0.2, 0.25) is 5.02 Å². The van der Waals surface area contributed by atoms with Gasteiger partial charge in [-0.2, -0.15) is 0 Å². The predicted octanol–water partition coefficient (Wildman–Crippen LogP) is 5.77. The third-order valence-electron chi connectivity index (χ3n) is 4.25. The van der Waals surface area contributed by atoms with E-state index in [1.807, 2.05) is 19.9 Å². The highest BCUT2D eigenvalue weighted by Crippen LogP contribution is 2.37. The molecular weight excluding hydrogens is 398 g/mol. The minimum atomic E-state index is -0.379. The van der Waals surface area contributed by atoms with E-state index in [2.05, 4.69) is 0 Å². The molecule has 0 bridgehead atoms. The number of thioether (sulfide) groups is 1. The number of methoxy groups -OCH3 is 1. The van der Waals surface area contributed by atoms with Crippen LogP contribution in [0.3, 0.4) is 0 Å². The SMILES string of the molecule is CC[C@@H](C)Oc1ccc(/C=C2/SC(=O)N(c3cccc(Cl)c3)C2=O)cc1OC. The second-order valence-corrected chi connectivity index (χ2v) is 7.67. The van der Waals surface area contributed by atoms with Gasteiger partial charge < -0.3 is 9.47 Å². The molecule has 7 heteroatoms. The molecule has 2 amide bonds. The molecule has 0 radical (unpaired) electrons. The van der Waals surface area contributed by atoms with Gasteiger partial charge in [0.1, 0.15) is 0 Å². The number of imide groups is 1. The number of amides is 2. The van der Waals surface area contributed by atoms with Crippen LogP contribution in [0.5, 0.6) is 11.5 Å². The zero-order chi connectivity index (χ0) is 20.3. The number of ether oxygens (including phenoxy) is 2. The molecule has 0 saturated carbocycles. The molecule has 1 fully saturated rings. The number of benzene rings is 2. The van der Waals surface area contributed by atoms with Gasteiger partial charge in [0.15, 0.2) is 11.5 Å². The van der Waals surface area contributed by atoms with E-state index < -0.39 is 0 Å². The Morgan fingerprint density at radius 2 is 1.96 bits per heavy atom. The van der Waals surface area contributed by atoms with Crippen molar-refractivity contribution in [1.82, 2.24) is 0 Å². The first-order chi connectivity index (χ1) is 13.4. The maximum absolute atomic E-state index is 12.8. The van der Waals surface area contributed by atoms with Gasteiger partial charge in [0.05, 0.1) is 23.8 Å². The number of hydrogen-bond donors (Lipinski definition) is 0. The molecule has 28 heavy (non-hydrogen) atoms. The Labute approximate surface area is 173 Å². The second-order valence-electron chi connectivity index (χ2n) is 6.24. The van der Waals surface area contributed by atoms with E-state index in [0.29, 0.717) is 27.1 Å². The fourth-order valence-corrected chi connectivity index (χ4v) is 3.65. The average Bonchev–Trinajstić information content (AvgIpc) is 2.95. The molecule has 0 unspecified atom stereocenters. The highest BCUT2D eigenvalue weighted by atomic mass is 35.5. The summed E-state index contributed by atoms with van der Waals surface area (Å²) >= 11 is 6.88. The van der Waals surface area contributed by atoms with Gasteiger partial charge in [-0.3, -0.25) is 9.59 Å². The molecule has 0 aromatic heterocycles. The molecule has 2 aromatic rings. The lowest BCUT2D eigenvalue weighted by atomic mass is 10.1. The van der Waals surface area contributed by atoms with E-state index in [1.165, 1.54) is 0 Å². The van der Waals surface area contributed by atoms with Crippen LogP contribution in [0.4, 0.5) is 10.5 Å². The molecule has 1 aliphatic rings. The molecule has 1 saturated heterocycles. The Balaban J connectivity index is 1.87. The monoisotopic (exact) mass is 417 g/mol. The summed E-state index contributed by atoms with van der Waals surface area (Å²) in [7, 11) is 1.57. The van der Waals surface area contributed by atoms with E-state index in [1.54, 1.807) is 49.6 Å². The lowest BCUT2D eigenvalue weighted by molar-refractivity contribution is -0.113. The molecule has 0 aliphatic carbocycles. The Bertz CT molecular complexity index is 944. The van der Waals surface area contributed by atoms with Crippen LogP contribution in [0.15, 0.2) is 47.4 Å². The van der Waals surface area contributed by atoms with Gasteiger partial charge in [0, 0.05) is 5.02 Å². The highest BCUT2D eigenvalue weighted by Gasteiger charge is 2.36. The summed E-state index contributed by atoms with van der Waals surface area (Å²) in [4.78, 5) is 26.6. The normalized spacial score (nSPS) is 16.6. The maximum Gasteiger partial charge on any atom is 0.298 e. The van der Waals surface area contributed by atoms with Gasteiger partial charge in [-0.25, -0.2) is 4.90 Å². The first kappa shape index (κ1) is 20.3. The van der Waals surface area contributed by atoms with Crippen LogP contribution in [-0.2, 0) is 4.79 Å².